The fourth-order valence-corrected chi connectivity index (χ4v) is 5.84. The Labute approximate surface area is 162 Å². The van der Waals surface area contributed by atoms with Crippen LogP contribution in [0.1, 0.15) is 46.1 Å². The number of carboxylic acid groups (broad SMARTS) is 1. The summed E-state index contributed by atoms with van der Waals surface area (Å²) in [4.78, 5) is 28.8. The summed E-state index contributed by atoms with van der Waals surface area (Å²) in [6.45, 7) is 6.23. The van der Waals surface area contributed by atoms with Crippen LogP contribution in [0, 0.1) is 19.8 Å². The van der Waals surface area contributed by atoms with Crippen LogP contribution in [-0.2, 0) is 9.59 Å². The monoisotopic (exact) mass is 391 g/mol. The average molecular weight is 392 g/mol. The number of piperidine rings is 1. The average Bonchev–Trinajstić information content (AvgIpc) is 3.23. The minimum absolute atomic E-state index is 0.185. The minimum atomic E-state index is -0.720. The molecule has 2 aromatic rings. The van der Waals surface area contributed by atoms with Gasteiger partial charge in [0.2, 0.25) is 0 Å². The summed E-state index contributed by atoms with van der Waals surface area (Å²) in [5.74, 6) is -0.968. The quantitative estimate of drug-likeness (QED) is 0.764. The second kappa shape index (κ2) is 8.46. The molecule has 1 aliphatic heterocycles. The summed E-state index contributed by atoms with van der Waals surface area (Å²) in [6.07, 6.45) is 2.10. The molecule has 1 N–H and O–H groups in total. The lowest BCUT2D eigenvalue weighted by Crippen LogP contribution is -2.39. The van der Waals surface area contributed by atoms with Crippen molar-refractivity contribution in [2.45, 2.75) is 39.0 Å². The molecule has 0 spiro atoms. The molecule has 4 nitrogen and oxygen atoms in total. The van der Waals surface area contributed by atoms with Crippen molar-refractivity contribution in [3.8, 4) is 0 Å². The smallest absolute Gasteiger partial charge is 0.307 e. The van der Waals surface area contributed by atoms with E-state index in [0.29, 0.717) is 19.5 Å². The van der Waals surface area contributed by atoms with Crippen molar-refractivity contribution < 1.29 is 14.7 Å². The SMILES string of the molecule is Cc1ccsc1C(C(=O)CCN1CCCC(C(=O)O)C1)c1sccc1C. The number of aryl methyl sites for hydroxylation is 2. The Bertz CT molecular complexity index is 739. The van der Waals surface area contributed by atoms with E-state index in [9.17, 15) is 14.7 Å². The first-order valence-corrected chi connectivity index (χ1v) is 10.8. The lowest BCUT2D eigenvalue weighted by molar-refractivity contribution is -0.143. The van der Waals surface area contributed by atoms with Crippen LogP contribution in [0.25, 0.3) is 0 Å². The maximum absolute atomic E-state index is 13.2. The highest BCUT2D eigenvalue weighted by Gasteiger charge is 2.29. The number of Topliss-reactive ketones (excluding diaryl/α,β-unsaturated/α-hetero) is 1. The largest absolute Gasteiger partial charge is 0.481 e. The molecule has 1 fully saturated rings. The zero-order chi connectivity index (χ0) is 18.7. The number of hydrogen-bond acceptors (Lipinski definition) is 5. The van der Waals surface area contributed by atoms with Gasteiger partial charge in [-0.3, -0.25) is 9.59 Å². The van der Waals surface area contributed by atoms with Gasteiger partial charge in [-0.1, -0.05) is 0 Å². The second-order valence-electron chi connectivity index (χ2n) is 7.06. The van der Waals surface area contributed by atoms with Gasteiger partial charge in [0.25, 0.3) is 0 Å². The van der Waals surface area contributed by atoms with Crippen LogP contribution in [0.15, 0.2) is 22.9 Å². The molecule has 3 heterocycles. The molecule has 0 radical (unpaired) electrons. The Hall–Kier alpha value is -1.50. The van der Waals surface area contributed by atoms with Crippen LogP contribution in [0.3, 0.4) is 0 Å². The van der Waals surface area contributed by atoms with Gasteiger partial charge in [-0.15, -0.1) is 22.7 Å². The number of carbonyl (C=O) groups excluding carboxylic acids is 1. The van der Waals surface area contributed by atoms with Gasteiger partial charge in [0.05, 0.1) is 11.8 Å². The van der Waals surface area contributed by atoms with E-state index >= 15 is 0 Å². The topological polar surface area (TPSA) is 57.6 Å². The zero-order valence-electron chi connectivity index (χ0n) is 15.2. The number of carboxylic acids is 1. The van der Waals surface area contributed by atoms with Crippen molar-refractivity contribution in [3.05, 3.63) is 43.8 Å². The lowest BCUT2D eigenvalue weighted by Gasteiger charge is -2.30. The van der Waals surface area contributed by atoms with Gasteiger partial charge in [-0.25, -0.2) is 0 Å². The van der Waals surface area contributed by atoms with Crippen LogP contribution < -0.4 is 0 Å². The molecule has 140 valence electrons. The summed E-state index contributed by atoms with van der Waals surface area (Å²) >= 11 is 3.31. The van der Waals surface area contributed by atoms with Gasteiger partial charge in [0.15, 0.2) is 0 Å². The van der Waals surface area contributed by atoms with Gasteiger partial charge in [0.1, 0.15) is 5.78 Å². The molecule has 3 rings (SSSR count). The molecule has 0 saturated carbocycles. The standard InChI is InChI=1S/C20H25NO3S2/c1-13-6-10-25-18(13)17(19-14(2)7-11-26-19)16(22)5-9-21-8-3-4-15(12-21)20(23)24/h6-7,10-11,15,17H,3-5,8-9,12H2,1-2H3,(H,23,24). The number of thiophene rings is 2. The molecule has 2 aromatic heterocycles. The Morgan fingerprint density at radius 3 is 2.31 bits per heavy atom. The minimum Gasteiger partial charge on any atom is -0.481 e. The van der Waals surface area contributed by atoms with E-state index in [1.165, 1.54) is 11.1 Å². The van der Waals surface area contributed by atoms with E-state index < -0.39 is 5.97 Å². The first kappa shape index (κ1) is 19.3. The Morgan fingerprint density at radius 1 is 1.19 bits per heavy atom. The van der Waals surface area contributed by atoms with Crippen molar-refractivity contribution in [3.63, 3.8) is 0 Å². The molecule has 0 amide bonds. The molecule has 1 unspecified atom stereocenters. The summed E-state index contributed by atoms with van der Waals surface area (Å²) in [7, 11) is 0. The van der Waals surface area contributed by atoms with Gasteiger partial charge >= 0.3 is 5.97 Å². The summed E-state index contributed by atoms with van der Waals surface area (Å²) in [6, 6.07) is 4.15. The summed E-state index contributed by atoms with van der Waals surface area (Å²) in [5.41, 5.74) is 2.34. The van der Waals surface area contributed by atoms with Gasteiger partial charge < -0.3 is 10.0 Å². The predicted octanol–water partition coefficient (Wildman–Crippen LogP) is 4.31. The third kappa shape index (κ3) is 4.24. The van der Waals surface area contributed by atoms with Gasteiger partial charge in [0, 0.05) is 29.3 Å². The van der Waals surface area contributed by atoms with Gasteiger partial charge in [-0.05, 0) is 67.3 Å². The Morgan fingerprint density at radius 2 is 1.81 bits per heavy atom. The first-order valence-electron chi connectivity index (χ1n) is 9.03. The number of aliphatic carboxylic acids is 1. The van der Waals surface area contributed by atoms with E-state index in [2.05, 4.69) is 41.6 Å². The highest BCUT2D eigenvalue weighted by atomic mass is 32.1. The number of nitrogens with zero attached hydrogens (tertiary/aromatic N) is 1. The third-order valence-electron chi connectivity index (χ3n) is 5.18. The summed E-state index contributed by atoms with van der Waals surface area (Å²) < 4.78 is 0. The summed E-state index contributed by atoms with van der Waals surface area (Å²) in [5, 5.41) is 13.3. The van der Waals surface area contributed by atoms with Crippen LogP contribution in [0.2, 0.25) is 0 Å². The van der Waals surface area contributed by atoms with Crippen molar-refractivity contribution in [1.82, 2.24) is 4.90 Å². The van der Waals surface area contributed by atoms with E-state index in [-0.39, 0.29) is 17.6 Å². The van der Waals surface area contributed by atoms with Crippen LogP contribution in [-0.4, -0.2) is 41.4 Å². The van der Waals surface area contributed by atoms with Crippen LogP contribution >= 0.6 is 22.7 Å². The molecule has 0 bridgehead atoms. The molecule has 0 aliphatic carbocycles. The Balaban J connectivity index is 1.72. The molecule has 1 atom stereocenters. The van der Waals surface area contributed by atoms with E-state index in [4.69, 9.17) is 0 Å². The maximum Gasteiger partial charge on any atom is 0.307 e. The Kier molecular flexibility index (Phi) is 6.27. The molecular weight excluding hydrogens is 366 g/mol. The van der Waals surface area contributed by atoms with Crippen LogP contribution in [0.5, 0.6) is 0 Å². The second-order valence-corrected chi connectivity index (χ2v) is 8.96. The third-order valence-corrected chi connectivity index (χ3v) is 7.35. The normalized spacial score (nSPS) is 18.3. The van der Waals surface area contributed by atoms with Crippen molar-refractivity contribution in [2.24, 2.45) is 5.92 Å². The first-order chi connectivity index (χ1) is 12.5. The fraction of sp³-hybridized carbons (Fsp3) is 0.500. The van der Waals surface area contributed by atoms with Crippen LogP contribution in [0.4, 0.5) is 0 Å². The lowest BCUT2D eigenvalue weighted by atomic mass is 9.93. The predicted molar refractivity (Wildman–Crippen MR) is 106 cm³/mol. The maximum atomic E-state index is 13.2. The number of hydrogen-bond donors (Lipinski definition) is 1. The molecule has 26 heavy (non-hydrogen) atoms. The fourth-order valence-electron chi connectivity index (χ4n) is 3.64. The van der Waals surface area contributed by atoms with Gasteiger partial charge in [-0.2, -0.15) is 0 Å². The van der Waals surface area contributed by atoms with E-state index in [0.717, 1.165) is 29.1 Å². The molecule has 1 saturated heterocycles. The zero-order valence-corrected chi connectivity index (χ0v) is 16.9. The van der Waals surface area contributed by atoms with Crippen molar-refractivity contribution >= 4 is 34.4 Å². The number of likely N-dealkylation sites (tertiary alicyclic amines) is 1. The molecule has 1 aliphatic rings. The van der Waals surface area contributed by atoms with E-state index in [1.807, 2.05) is 0 Å². The van der Waals surface area contributed by atoms with Crippen molar-refractivity contribution in [1.29, 1.82) is 0 Å². The molecular formula is C20H25NO3S2. The van der Waals surface area contributed by atoms with Crippen molar-refractivity contribution in [2.75, 3.05) is 19.6 Å². The molecule has 0 aromatic carbocycles. The number of carbonyl (C=O) groups is 2. The highest BCUT2D eigenvalue weighted by molar-refractivity contribution is 7.12. The van der Waals surface area contributed by atoms with E-state index in [1.54, 1.807) is 22.7 Å². The number of rotatable bonds is 7. The molecule has 6 heteroatoms. The number of ketones is 1. The highest BCUT2D eigenvalue weighted by Crippen LogP contribution is 2.37.